The zero-order valence-electron chi connectivity index (χ0n) is 11.9. The number of rotatable bonds is 10. The van der Waals surface area contributed by atoms with Crippen molar-refractivity contribution in [2.24, 2.45) is 0 Å². The van der Waals surface area contributed by atoms with Crippen molar-refractivity contribution in [2.75, 3.05) is 19.8 Å². The van der Waals surface area contributed by atoms with Gasteiger partial charge in [-0.25, -0.2) is 0 Å². The van der Waals surface area contributed by atoms with Crippen molar-refractivity contribution in [3.05, 3.63) is 35.9 Å². The van der Waals surface area contributed by atoms with Crippen molar-refractivity contribution in [1.29, 1.82) is 0 Å². The average molecular weight is 249 g/mol. The number of ether oxygens (including phenoxy) is 1. The molecule has 0 aromatic heterocycles. The summed E-state index contributed by atoms with van der Waals surface area (Å²) in [6.45, 7) is 8.27. The van der Waals surface area contributed by atoms with Gasteiger partial charge in [0, 0.05) is 13.1 Å². The van der Waals surface area contributed by atoms with E-state index in [1.807, 2.05) is 6.07 Å². The van der Waals surface area contributed by atoms with Gasteiger partial charge in [-0.2, -0.15) is 0 Å². The summed E-state index contributed by atoms with van der Waals surface area (Å²) < 4.78 is 5.80. The fourth-order valence-corrected chi connectivity index (χ4v) is 1.87. The van der Waals surface area contributed by atoms with Crippen LogP contribution in [0.5, 0.6) is 0 Å². The molecule has 2 heteroatoms. The third-order valence-electron chi connectivity index (χ3n) is 3.04. The van der Waals surface area contributed by atoms with Crippen LogP contribution in [-0.4, -0.2) is 24.7 Å². The minimum Gasteiger partial charge on any atom is -0.361 e. The quantitative estimate of drug-likeness (QED) is 0.580. The molecular weight excluding hydrogens is 222 g/mol. The Bertz CT molecular complexity index is 278. The molecule has 0 radical (unpaired) electrons. The van der Waals surface area contributed by atoms with Crippen LogP contribution in [-0.2, 0) is 11.3 Å². The molecule has 0 unspecified atom stereocenters. The molecule has 0 N–H and O–H groups in total. The molecule has 1 aromatic carbocycles. The molecule has 0 bridgehead atoms. The second-order valence-electron chi connectivity index (χ2n) is 4.79. The molecule has 0 saturated carbocycles. The second-order valence-corrected chi connectivity index (χ2v) is 4.79. The smallest absolute Gasteiger partial charge is 0.0994 e. The Hall–Kier alpha value is -0.860. The van der Waals surface area contributed by atoms with Crippen LogP contribution in [0, 0.1) is 0 Å². The summed E-state index contributed by atoms with van der Waals surface area (Å²) in [5, 5.41) is 0. The van der Waals surface area contributed by atoms with Crippen LogP contribution < -0.4 is 0 Å². The lowest BCUT2D eigenvalue weighted by Crippen LogP contribution is -2.28. The first-order chi connectivity index (χ1) is 8.86. The molecule has 1 rings (SSSR count). The fraction of sp³-hybridized carbons (Fsp3) is 0.625. The van der Waals surface area contributed by atoms with E-state index in [2.05, 4.69) is 43.0 Å². The van der Waals surface area contributed by atoms with Gasteiger partial charge < -0.3 is 4.74 Å². The monoisotopic (exact) mass is 249 g/mol. The highest BCUT2D eigenvalue weighted by Gasteiger charge is 2.03. The Balaban J connectivity index is 2.23. The van der Waals surface area contributed by atoms with Gasteiger partial charge in [-0.1, -0.05) is 57.0 Å². The summed E-state index contributed by atoms with van der Waals surface area (Å²) in [7, 11) is 0. The van der Waals surface area contributed by atoms with E-state index in [1.165, 1.54) is 31.2 Å². The van der Waals surface area contributed by atoms with E-state index >= 15 is 0 Å². The van der Waals surface area contributed by atoms with Crippen molar-refractivity contribution in [2.45, 2.75) is 46.1 Å². The first kappa shape index (κ1) is 15.2. The molecule has 0 atom stereocenters. The van der Waals surface area contributed by atoms with Gasteiger partial charge in [0.05, 0.1) is 13.3 Å². The van der Waals surface area contributed by atoms with Crippen LogP contribution in [0.25, 0.3) is 0 Å². The predicted octanol–water partition coefficient (Wildman–Crippen LogP) is 4.06. The molecule has 0 heterocycles. The van der Waals surface area contributed by atoms with Crippen LogP contribution >= 0.6 is 0 Å². The Labute approximate surface area is 112 Å². The van der Waals surface area contributed by atoms with Gasteiger partial charge >= 0.3 is 0 Å². The van der Waals surface area contributed by atoms with Gasteiger partial charge in [0.15, 0.2) is 0 Å². The molecule has 0 aliphatic carbocycles. The number of hydrogen-bond acceptors (Lipinski definition) is 2. The van der Waals surface area contributed by atoms with Crippen LogP contribution in [0.1, 0.15) is 45.1 Å². The zero-order chi connectivity index (χ0) is 13.1. The van der Waals surface area contributed by atoms with Crippen LogP contribution in [0.15, 0.2) is 30.3 Å². The largest absolute Gasteiger partial charge is 0.361 e. The first-order valence-corrected chi connectivity index (χ1v) is 7.20. The topological polar surface area (TPSA) is 12.5 Å². The zero-order valence-corrected chi connectivity index (χ0v) is 11.9. The third kappa shape index (κ3) is 6.77. The maximum absolute atomic E-state index is 5.80. The normalized spacial score (nSPS) is 11.1. The number of unbranched alkanes of at least 4 members (excludes halogenated alkanes) is 2. The van der Waals surface area contributed by atoms with E-state index in [9.17, 15) is 0 Å². The highest BCUT2D eigenvalue weighted by atomic mass is 16.5. The lowest BCUT2D eigenvalue weighted by molar-refractivity contribution is 0.0173. The van der Waals surface area contributed by atoms with E-state index in [1.54, 1.807) is 0 Å². The van der Waals surface area contributed by atoms with Crippen LogP contribution in [0.2, 0.25) is 0 Å². The van der Waals surface area contributed by atoms with Crippen molar-refractivity contribution >= 4 is 0 Å². The molecular formula is C16H27NO. The van der Waals surface area contributed by atoms with E-state index in [0.29, 0.717) is 0 Å². The molecule has 2 nitrogen and oxygen atoms in total. The van der Waals surface area contributed by atoms with Gasteiger partial charge in [0.2, 0.25) is 0 Å². The van der Waals surface area contributed by atoms with Gasteiger partial charge in [-0.15, -0.1) is 0 Å². The van der Waals surface area contributed by atoms with E-state index in [0.717, 1.165) is 26.4 Å². The average Bonchev–Trinajstić information content (AvgIpc) is 2.42. The fourth-order valence-electron chi connectivity index (χ4n) is 1.87. The maximum Gasteiger partial charge on any atom is 0.0994 e. The summed E-state index contributed by atoms with van der Waals surface area (Å²) in [4.78, 5) is 2.43. The lowest BCUT2D eigenvalue weighted by atomic mass is 10.2. The summed E-state index contributed by atoms with van der Waals surface area (Å²) in [5.74, 6) is 0. The van der Waals surface area contributed by atoms with Crippen molar-refractivity contribution in [3.63, 3.8) is 0 Å². The Morgan fingerprint density at radius 2 is 1.56 bits per heavy atom. The molecule has 0 spiro atoms. The molecule has 1 aromatic rings. The minimum absolute atomic E-state index is 0.718. The Morgan fingerprint density at radius 1 is 0.944 bits per heavy atom. The molecule has 0 fully saturated rings. The highest BCUT2D eigenvalue weighted by Crippen LogP contribution is 2.03. The van der Waals surface area contributed by atoms with Crippen molar-refractivity contribution < 1.29 is 4.74 Å². The lowest BCUT2D eigenvalue weighted by Gasteiger charge is -2.21. The summed E-state index contributed by atoms with van der Waals surface area (Å²) >= 11 is 0. The van der Waals surface area contributed by atoms with Crippen LogP contribution in [0.3, 0.4) is 0 Å². The maximum atomic E-state index is 5.80. The van der Waals surface area contributed by atoms with Crippen molar-refractivity contribution in [3.8, 4) is 0 Å². The third-order valence-corrected chi connectivity index (χ3v) is 3.04. The molecule has 102 valence electrons. The number of nitrogens with zero attached hydrogens (tertiary/aromatic N) is 1. The standard InChI is InChI=1S/C16H27NO/c1-3-5-12-17(13-6-4-2)15-18-14-16-10-8-7-9-11-16/h7-11H,3-6,12-15H2,1-2H3. The van der Waals surface area contributed by atoms with E-state index in [-0.39, 0.29) is 0 Å². The van der Waals surface area contributed by atoms with Gasteiger partial charge in [-0.3, -0.25) is 4.90 Å². The Kier molecular flexibility index (Phi) is 8.53. The highest BCUT2D eigenvalue weighted by molar-refractivity contribution is 5.13. The SMILES string of the molecule is CCCCN(CCCC)COCc1ccccc1. The first-order valence-electron chi connectivity index (χ1n) is 7.20. The van der Waals surface area contributed by atoms with Gasteiger partial charge in [-0.05, 0) is 18.4 Å². The molecule has 0 amide bonds. The molecule has 0 saturated heterocycles. The predicted molar refractivity (Wildman–Crippen MR) is 77.5 cm³/mol. The number of benzene rings is 1. The van der Waals surface area contributed by atoms with Gasteiger partial charge in [0.25, 0.3) is 0 Å². The Morgan fingerprint density at radius 3 is 2.11 bits per heavy atom. The molecule has 0 aliphatic rings. The van der Waals surface area contributed by atoms with Gasteiger partial charge in [0.1, 0.15) is 0 Å². The van der Waals surface area contributed by atoms with E-state index < -0.39 is 0 Å². The van der Waals surface area contributed by atoms with Crippen LogP contribution in [0.4, 0.5) is 0 Å². The van der Waals surface area contributed by atoms with Crippen molar-refractivity contribution in [1.82, 2.24) is 4.90 Å². The molecule has 0 aliphatic heterocycles. The minimum atomic E-state index is 0.718. The number of hydrogen-bond donors (Lipinski definition) is 0. The second kappa shape index (κ2) is 10.1. The summed E-state index contributed by atoms with van der Waals surface area (Å²) in [6, 6.07) is 10.4. The molecule has 18 heavy (non-hydrogen) atoms. The van der Waals surface area contributed by atoms with E-state index in [4.69, 9.17) is 4.74 Å². The summed E-state index contributed by atoms with van der Waals surface area (Å²) in [5.41, 5.74) is 1.25. The summed E-state index contributed by atoms with van der Waals surface area (Å²) in [6.07, 6.45) is 5.03.